The van der Waals surface area contributed by atoms with E-state index < -0.39 is 0 Å². The number of anilines is 1. The zero-order valence-electron chi connectivity index (χ0n) is 12.0. The van der Waals surface area contributed by atoms with Crippen LogP contribution in [0.25, 0.3) is 0 Å². The maximum Gasteiger partial charge on any atom is 0.197 e. The molecule has 2 aromatic heterocycles. The fraction of sp³-hybridized carbons (Fsp3) is 0.538. The van der Waals surface area contributed by atoms with Gasteiger partial charge < -0.3 is 9.99 Å². The summed E-state index contributed by atoms with van der Waals surface area (Å²) < 4.78 is 2.21. The molecular weight excluding hydrogens is 286 g/mol. The second kappa shape index (κ2) is 6.40. The third-order valence-electron chi connectivity index (χ3n) is 3.48. The van der Waals surface area contributed by atoms with Crippen LogP contribution in [0.5, 0.6) is 0 Å². The minimum Gasteiger partial charge on any atom is -0.308 e. The standard InChI is InChI=1S/C13H19N7S/c1-2-9-15-10(17-14)8-12(16-9)21-13-19-18-11-6-4-3-5-7-20(11)13/h8H,2-7,14H2,1H3,(H,15,16,17). The molecule has 21 heavy (non-hydrogen) atoms. The monoisotopic (exact) mass is 305 g/mol. The molecular formula is C13H19N7S. The van der Waals surface area contributed by atoms with E-state index in [0.717, 1.165) is 41.2 Å². The van der Waals surface area contributed by atoms with Gasteiger partial charge in [-0.1, -0.05) is 13.3 Å². The highest BCUT2D eigenvalue weighted by Crippen LogP contribution is 2.28. The van der Waals surface area contributed by atoms with E-state index in [2.05, 4.69) is 30.2 Å². The molecule has 0 bridgehead atoms. The molecule has 0 unspecified atom stereocenters. The molecule has 0 spiro atoms. The number of nitrogens with zero attached hydrogens (tertiary/aromatic N) is 5. The second-order valence-electron chi connectivity index (χ2n) is 4.97. The first-order valence-electron chi connectivity index (χ1n) is 7.24. The minimum atomic E-state index is 0.625. The number of hydrazine groups is 1. The Hall–Kier alpha value is -1.67. The van der Waals surface area contributed by atoms with Crippen LogP contribution >= 0.6 is 11.8 Å². The van der Waals surface area contributed by atoms with E-state index in [9.17, 15) is 0 Å². The summed E-state index contributed by atoms with van der Waals surface area (Å²) in [6, 6.07) is 1.84. The van der Waals surface area contributed by atoms with E-state index in [4.69, 9.17) is 5.84 Å². The van der Waals surface area contributed by atoms with Gasteiger partial charge in [0.25, 0.3) is 0 Å². The first-order chi connectivity index (χ1) is 10.3. The lowest BCUT2D eigenvalue weighted by molar-refractivity contribution is 0.590. The predicted octanol–water partition coefficient (Wildman–Crippen LogP) is 1.79. The molecule has 0 saturated heterocycles. The second-order valence-corrected chi connectivity index (χ2v) is 5.96. The molecule has 0 fully saturated rings. The fourth-order valence-corrected chi connectivity index (χ4v) is 3.28. The van der Waals surface area contributed by atoms with Crippen molar-refractivity contribution in [3.63, 3.8) is 0 Å². The Morgan fingerprint density at radius 3 is 3.00 bits per heavy atom. The van der Waals surface area contributed by atoms with Gasteiger partial charge >= 0.3 is 0 Å². The number of aromatic nitrogens is 5. The number of nitrogens with two attached hydrogens (primary N) is 1. The molecule has 0 radical (unpaired) electrons. The van der Waals surface area contributed by atoms with Crippen LogP contribution in [0.2, 0.25) is 0 Å². The Morgan fingerprint density at radius 1 is 1.29 bits per heavy atom. The topological polar surface area (TPSA) is 94.5 Å². The first kappa shape index (κ1) is 14.3. The molecule has 0 saturated carbocycles. The van der Waals surface area contributed by atoms with Gasteiger partial charge in [-0.3, -0.25) is 0 Å². The highest BCUT2D eigenvalue weighted by molar-refractivity contribution is 7.99. The third-order valence-corrected chi connectivity index (χ3v) is 4.39. The van der Waals surface area contributed by atoms with Crippen molar-refractivity contribution in [1.29, 1.82) is 0 Å². The summed E-state index contributed by atoms with van der Waals surface area (Å²) in [5.41, 5.74) is 2.59. The average Bonchev–Trinajstić information content (AvgIpc) is 2.74. The summed E-state index contributed by atoms with van der Waals surface area (Å²) in [5, 5.41) is 10.4. The zero-order valence-corrected chi connectivity index (χ0v) is 12.9. The summed E-state index contributed by atoms with van der Waals surface area (Å²) in [4.78, 5) is 8.82. The largest absolute Gasteiger partial charge is 0.308 e. The van der Waals surface area contributed by atoms with E-state index >= 15 is 0 Å². The van der Waals surface area contributed by atoms with Crippen LogP contribution in [0, 0.1) is 0 Å². The summed E-state index contributed by atoms with van der Waals surface area (Å²) in [7, 11) is 0. The van der Waals surface area contributed by atoms with E-state index in [-0.39, 0.29) is 0 Å². The normalized spacial score (nSPS) is 14.6. The molecule has 8 heteroatoms. The van der Waals surface area contributed by atoms with Crippen molar-refractivity contribution in [3.05, 3.63) is 17.7 Å². The smallest absolute Gasteiger partial charge is 0.197 e. The van der Waals surface area contributed by atoms with Gasteiger partial charge in [-0.15, -0.1) is 10.2 Å². The van der Waals surface area contributed by atoms with Gasteiger partial charge in [-0.25, -0.2) is 15.8 Å². The van der Waals surface area contributed by atoms with E-state index in [1.165, 1.54) is 31.0 Å². The minimum absolute atomic E-state index is 0.625. The summed E-state index contributed by atoms with van der Waals surface area (Å²) in [5.74, 6) is 7.94. The van der Waals surface area contributed by atoms with Crippen molar-refractivity contribution < 1.29 is 0 Å². The number of aryl methyl sites for hydroxylation is 2. The van der Waals surface area contributed by atoms with Crippen LogP contribution in [0.4, 0.5) is 5.82 Å². The molecule has 0 amide bonds. The van der Waals surface area contributed by atoms with Gasteiger partial charge in [0.1, 0.15) is 22.5 Å². The number of hydrogen-bond acceptors (Lipinski definition) is 7. The number of nitrogens with one attached hydrogen (secondary N) is 1. The van der Waals surface area contributed by atoms with Crippen LogP contribution < -0.4 is 11.3 Å². The van der Waals surface area contributed by atoms with E-state index in [0.29, 0.717) is 5.82 Å². The summed E-state index contributed by atoms with van der Waals surface area (Å²) in [6.07, 6.45) is 5.39. The van der Waals surface area contributed by atoms with Crippen molar-refractivity contribution >= 4 is 17.6 Å². The fourth-order valence-electron chi connectivity index (χ4n) is 2.38. The van der Waals surface area contributed by atoms with Crippen LogP contribution in [-0.2, 0) is 19.4 Å². The zero-order chi connectivity index (χ0) is 14.7. The van der Waals surface area contributed by atoms with Crippen molar-refractivity contribution in [3.8, 4) is 0 Å². The van der Waals surface area contributed by atoms with Gasteiger partial charge in [-0.05, 0) is 24.6 Å². The lowest BCUT2D eigenvalue weighted by atomic mass is 10.2. The summed E-state index contributed by atoms with van der Waals surface area (Å²) in [6.45, 7) is 3.01. The Morgan fingerprint density at radius 2 is 2.19 bits per heavy atom. The SMILES string of the molecule is CCc1nc(NN)cc(Sc2nnc3n2CCCCC3)n1. The molecule has 1 aliphatic rings. The van der Waals surface area contributed by atoms with Crippen LogP contribution in [0.15, 0.2) is 16.2 Å². The molecule has 2 aromatic rings. The highest BCUT2D eigenvalue weighted by atomic mass is 32.2. The molecule has 3 rings (SSSR count). The van der Waals surface area contributed by atoms with E-state index in [1.807, 2.05) is 13.0 Å². The number of rotatable bonds is 4. The maximum atomic E-state index is 5.46. The van der Waals surface area contributed by atoms with Crippen molar-refractivity contribution in [1.82, 2.24) is 24.7 Å². The quantitative estimate of drug-likeness (QED) is 0.505. The molecule has 1 aliphatic heterocycles. The van der Waals surface area contributed by atoms with Crippen molar-refractivity contribution in [2.45, 2.75) is 55.8 Å². The Kier molecular flexibility index (Phi) is 4.35. The van der Waals surface area contributed by atoms with E-state index in [1.54, 1.807) is 0 Å². The average molecular weight is 305 g/mol. The number of fused-ring (bicyclic) bond motifs is 1. The van der Waals surface area contributed by atoms with Gasteiger partial charge in [0.05, 0.1) is 0 Å². The van der Waals surface area contributed by atoms with Crippen LogP contribution in [0.1, 0.15) is 37.8 Å². The molecule has 0 aliphatic carbocycles. The Labute approximate surface area is 127 Å². The number of nitrogen functional groups attached to an aromatic ring is 1. The van der Waals surface area contributed by atoms with Gasteiger partial charge in [-0.2, -0.15) is 0 Å². The molecule has 0 atom stereocenters. The highest BCUT2D eigenvalue weighted by Gasteiger charge is 2.16. The van der Waals surface area contributed by atoms with Crippen LogP contribution in [0.3, 0.4) is 0 Å². The lowest BCUT2D eigenvalue weighted by Crippen LogP contribution is -2.10. The van der Waals surface area contributed by atoms with Crippen molar-refractivity contribution in [2.75, 3.05) is 5.43 Å². The van der Waals surface area contributed by atoms with Gasteiger partial charge in [0.15, 0.2) is 5.16 Å². The van der Waals surface area contributed by atoms with Gasteiger partial charge in [0.2, 0.25) is 0 Å². The van der Waals surface area contributed by atoms with Crippen molar-refractivity contribution in [2.24, 2.45) is 5.84 Å². The number of hydrogen-bond donors (Lipinski definition) is 2. The Balaban J connectivity index is 1.88. The Bertz CT molecular complexity index is 603. The molecule has 3 heterocycles. The van der Waals surface area contributed by atoms with Crippen LogP contribution in [-0.4, -0.2) is 24.7 Å². The third kappa shape index (κ3) is 3.16. The molecule has 7 nitrogen and oxygen atoms in total. The summed E-state index contributed by atoms with van der Waals surface area (Å²) >= 11 is 1.52. The molecule has 0 aromatic carbocycles. The predicted molar refractivity (Wildman–Crippen MR) is 80.9 cm³/mol. The molecule has 112 valence electrons. The maximum absolute atomic E-state index is 5.46. The molecule has 3 N–H and O–H groups in total. The lowest BCUT2D eigenvalue weighted by Gasteiger charge is -2.08. The van der Waals surface area contributed by atoms with Gasteiger partial charge in [0, 0.05) is 25.5 Å². The first-order valence-corrected chi connectivity index (χ1v) is 8.06.